The second kappa shape index (κ2) is 9.22. The zero-order valence-electron chi connectivity index (χ0n) is 17.8. The Morgan fingerprint density at radius 2 is 2.06 bits per heavy atom. The van der Waals surface area contributed by atoms with Gasteiger partial charge in [0.05, 0.1) is 31.6 Å². The van der Waals surface area contributed by atoms with E-state index in [9.17, 15) is 4.79 Å². The summed E-state index contributed by atoms with van der Waals surface area (Å²) in [5.41, 5.74) is 3.28. The summed E-state index contributed by atoms with van der Waals surface area (Å²) >= 11 is 1.62. The van der Waals surface area contributed by atoms with E-state index in [1.165, 1.54) is 0 Å². The minimum absolute atomic E-state index is 0.197. The van der Waals surface area contributed by atoms with Gasteiger partial charge in [-0.2, -0.15) is 0 Å². The van der Waals surface area contributed by atoms with Gasteiger partial charge >= 0.3 is 5.63 Å². The number of hydrogen-bond acceptors (Lipinski definition) is 6. The summed E-state index contributed by atoms with van der Waals surface area (Å²) in [6.45, 7) is 1.58. The number of rotatable bonds is 7. The van der Waals surface area contributed by atoms with E-state index in [4.69, 9.17) is 18.9 Å². The SMILES string of the molecule is COc1ccc2c(CSc3ncc(-c4ccccc4)n3CC3CCCO3)cc(=O)oc2c1. The minimum Gasteiger partial charge on any atom is -0.497 e. The average molecular weight is 449 g/mol. The number of ether oxygens (including phenoxy) is 2. The van der Waals surface area contributed by atoms with Gasteiger partial charge in [-0.25, -0.2) is 9.78 Å². The lowest BCUT2D eigenvalue weighted by molar-refractivity contribution is 0.0954. The maximum absolute atomic E-state index is 12.1. The molecular weight excluding hydrogens is 424 g/mol. The van der Waals surface area contributed by atoms with Crippen molar-refractivity contribution < 1.29 is 13.9 Å². The van der Waals surface area contributed by atoms with Crippen LogP contribution in [0.5, 0.6) is 5.75 Å². The highest BCUT2D eigenvalue weighted by Crippen LogP contribution is 2.32. The third kappa shape index (κ3) is 4.31. The highest BCUT2D eigenvalue weighted by molar-refractivity contribution is 7.98. The molecule has 0 saturated carbocycles. The highest BCUT2D eigenvalue weighted by atomic mass is 32.2. The number of fused-ring (bicyclic) bond motifs is 1. The highest BCUT2D eigenvalue weighted by Gasteiger charge is 2.21. The van der Waals surface area contributed by atoms with E-state index in [0.717, 1.165) is 53.4 Å². The van der Waals surface area contributed by atoms with Crippen LogP contribution in [0.15, 0.2) is 75.2 Å². The first kappa shape index (κ1) is 20.8. The van der Waals surface area contributed by atoms with Crippen LogP contribution in [-0.4, -0.2) is 29.4 Å². The first-order chi connectivity index (χ1) is 15.7. The zero-order valence-corrected chi connectivity index (χ0v) is 18.6. The fourth-order valence-electron chi connectivity index (χ4n) is 4.08. The molecule has 0 spiro atoms. The molecule has 2 aromatic carbocycles. The van der Waals surface area contributed by atoms with Crippen molar-refractivity contribution in [1.82, 2.24) is 9.55 Å². The number of nitrogens with zero attached hydrogens (tertiary/aromatic N) is 2. The smallest absolute Gasteiger partial charge is 0.336 e. The van der Waals surface area contributed by atoms with Crippen molar-refractivity contribution in [2.75, 3.05) is 13.7 Å². The maximum Gasteiger partial charge on any atom is 0.336 e. The van der Waals surface area contributed by atoms with Gasteiger partial charge in [-0.3, -0.25) is 0 Å². The summed E-state index contributed by atoms with van der Waals surface area (Å²) < 4.78 is 18.8. The Morgan fingerprint density at radius 3 is 2.84 bits per heavy atom. The molecule has 0 amide bonds. The molecule has 1 aliphatic rings. The molecule has 1 fully saturated rings. The number of benzene rings is 2. The molecule has 0 aliphatic carbocycles. The lowest BCUT2D eigenvalue weighted by atomic mass is 10.1. The first-order valence-electron chi connectivity index (χ1n) is 10.7. The van der Waals surface area contributed by atoms with Crippen LogP contribution >= 0.6 is 11.8 Å². The van der Waals surface area contributed by atoms with Crippen LogP contribution in [0, 0.1) is 0 Å². The Kier molecular flexibility index (Phi) is 6.01. The quantitative estimate of drug-likeness (QED) is 0.288. The molecule has 5 rings (SSSR count). The number of aromatic nitrogens is 2. The van der Waals surface area contributed by atoms with Gasteiger partial charge in [0.1, 0.15) is 11.3 Å². The molecule has 0 N–H and O–H groups in total. The summed E-state index contributed by atoms with van der Waals surface area (Å²) in [7, 11) is 1.59. The Morgan fingerprint density at radius 1 is 1.19 bits per heavy atom. The molecule has 0 radical (unpaired) electrons. The maximum atomic E-state index is 12.1. The van der Waals surface area contributed by atoms with Crippen molar-refractivity contribution >= 4 is 22.7 Å². The number of imidazole rings is 1. The van der Waals surface area contributed by atoms with Crippen molar-refractivity contribution in [2.24, 2.45) is 0 Å². The van der Waals surface area contributed by atoms with Gasteiger partial charge in [0, 0.05) is 29.9 Å². The molecule has 2 aromatic heterocycles. The Labute approximate surface area is 190 Å². The summed E-state index contributed by atoms with van der Waals surface area (Å²) in [5.74, 6) is 1.26. The second-order valence-corrected chi connectivity index (χ2v) is 8.72. The van der Waals surface area contributed by atoms with E-state index >= 15 is 0 Å². The van der Waals surface area contributed by atoms with Crippen LogP contribution in [0.3, 0.4) is 0 Å². The van der Waals surface area contributed by atoms with Gasteiger partial charge in [-0.15, -0.1) is 0 Å². The molecule has 7 heteroatoms. The molecule has 1 unspecified atom stereocenters. The number of thioether (sulfide) groups is 1. The minimum atomic E-state index is -0.367. The van der Waals surface area contributed by atoms with E-state index < -0.39 is 0 Å². The van der Waals surface area contributed by atoms with Crippen molar-refractivity contribution in [1.29, 1.82) is 0 Å². The lowest BCUT2D eigenvalue weighted by Gasteiger charge is -2.16. The summed E-state index contributed by atoms with van der Waals surface area (Å²) in [4.78, 5) is 16.9. The molecule has 0 bridgehead atoms. The monoisotopic (exact) mass is 448 g/mol. The molecular formula is C25H24N2O4S. The van der Waals surface area contributed by atoms with Crippen molar-refractivity contribution in [2.45, 2.75) is 36.4 Å². The van der Waals surface area contributed by atoms with Gasteiger partial charge in [0.2, 0.25) is 0 Å². The molecule has 1 aliphatic heterocycles. The van der Waals surface area contributed by atoms with E-state index in [-0.39, 0.29) is 11.7 Å². The molecule has 3 heterocycles. The van der Waals surface area contributed by atoms with E-state index in [1.807, 2.05) is 36.5 Å². The number of hydrogen-bond donors (Lipinski definition) is 0. The molecule has 1 saturated heterocycles. The summed E-state index contributed by atoms with van der Waals surface area (Å²) in [5, 5.41) is 1.81. The topological polar surface area (TPSA) is 66.5 Å². The van der Waals surface area contributed by atoms with Crippen molar-refractivity contribution in [3.63, 3.8) is 0 Å². The fourth-order valence-corrected chi connectivity index (χ4v) is 5.06. The normalized spacial score (nSPS) is 16.0. The van der Waals surface area contributed by atoms with E-state index in [2.05, 4.69) is 16.7 Å². The van der Waals surface area contributed by atoms with Crippen molar-refractivity contribution in [3.8, 4) is 17.0 Å². The van der Waals surface area contributed by atoms with E-state index in [0.29, 0.717) is 17.1 Å². The average Bonchev–Trinajstić information content (AvgIpc) is 3.48. The van der Waals surface area contributed by atoms with E-state index in [1.54, 1.807) is 31.0 Å². The Balaban J connectivity index is 1.47. The zero-order chi connectivity index (χ0) is 21.9. The van der Waals surface area contributed by atoms with Gasteiger partial charge in [0.25, 0.3) is 0 Å². The van der Waals surface area contributed by atoms with Crippen LogP contribution < -0.4 is 10.4 Å². The van der Waals surface area contributed by atoms with Crippen LogP contribution in [-0.2, 0) is 17.0 Å². The standard InChI is InChI=1S/C25H24N2O4S/c1-29-19-9-10-21-18(12-24(28)31-23(21)13-19)16-32-25-26-14-22(17-6-3-2-4-7-17)27(25)15-20-8-5-11-30-20/h2-4,6-7,9-10,12-14,20H,5,8,11,15-16H2,1H3. The molecule has 6 nitrogen and oxygen atoms in total. The molecule has 4 aromatic rings. The summed E-state index contributed by atoms with van der Waals surface area (Å²) in [6.07, 6.45) is 4.28. The third-order valence-corrected chi connectivity index (χ3v) is 6.73. The van der Waals surface area contributed by atoms with Crippen LogP contribution in [0.4, 0.5) is 0 Å². The van der Waals surface area contributed by atoms with Gasteiger partial charge in [-0.05, 0) is 36.1 Å². The predicted octanol–water partition coefficient (Wildman–Crippen LogP) is 5.14. The van der Waals surface area contributed by atoms with Crippen LogP contribution in [0.25, 0.3) is 22.2 Å². The fraction of sp³-hybridized carbons (Fsp3) is 0.280. The van der Waals surface area contributed by atoms with Crippen LogP contribution in [0.2, 0.25) is 0 Å². The van der Waals surface area contributed by atoms with Crippen molar-refractivity contribution in [3.05, 3.63) is 76.8 Å². The molecule has 164 valence electrons. The molecule has 1 atom stereocenters. The third-order valence-electron chi connectivity index (χ3n) is 5.69. The Hall–Kier alpha value is -3.03. The second-order valence-electron chi connectivity index (χ2n) is 7.78. The van der Waals surface area contributed by atoms with Gasteiger partial charge < -0.3 is 18.5 Å². The Bertz CT molecular complexity index is 1280. The van der Waals surface area contributed by atoms with Gasteiger partial charge in [-0.1, -0.05) is 42.1 Å². The predicted molar refractivity (Wildman–Crippen MR) is 125 cm³/mol. The lowest BCUT2D eigenvalue weighted by Crippen LogP contribution is -2.16. The van der Waals surface area contributed by atoms with Gasteiger partial charge in [0.15, 0.2) is 5.16 Å². The summed E-state index contributed by atoms with van der Waals surface area (Å²) in [6, 6.07) is 17.4. The first-order valence-corrected chi connectivity index (χ1v) is 11.7. The molecule has 32 heavy (non-hydrogen) atoms. The largest absolute Gasteiger partial charge is 0.497 e. The van der Waals surface area contributed by atoms with Crippen LogP contribution in [0.1, 0.15) is 18.4 Å². The number of methoxy groups -OCH3 is 1.